The third-order valence-corrected chi connectivity index (χ3v) is 3.24. The minimum Gasteiger partial charge on any atom is -0.378 e. The molecular weight excluding hydrogens is 282 g/mol. The van der Waals surface area contributed by atoms with Crippen LogP contribution < -0.4 is 4.90 Å². The van der Waals surface area contributed by atoms with Crippen molar-refractivity contribution in [2.75, 3.05) is 37.7 Å². The molecular formula is C14H16F2N2O3. The van der Waals surface area contributed by atoms with E-state index in [1.165, 1.54) is 6.92 Å². The maximum absolute atomic E-state index is 13.8. The first-order valence-corrected chi connectivity index (χ1v) is 6.57. The molecule has 21 heavy (non-hydrogen) atoms. The summed E-state index contributed by atoms with van der Waals surface area (Å²) in [5, 5.41) is 0. The van der Waals surface area contributed by atoms with Crippen LogP contribution in [0.25, 0.3) is 0 Å². The molecule has 0 spiro atoms. The minimum absolute atomic E-state index is 0.106. The minimum atomic E-state index is -0.875. The molecule has 0 bridgehead atoms. The Morgan fingerprint density at radius 3 is 2.52 bits per heavy atom. The number of anilines is 1. The standard InChI is InChI=1S/C14H16F2N2O3/c1-10(19)18(13-3-2-11(15)8-12(13)16)9-14(20)17-4-6-21-7-5-17/h2-3,8H,4-7,9H2,1H3. The highest BCUT2D eigenvalue weighted by atomic mass is 19.1. The summed E-state index contributed by atoms with van der Waals surface area (Å²) in [4.78, 5) is 26.4. The Balaban J connectivity index is 2.15. The van der Waals surface area contributed by atoms with Gasteiger partial charge in [0.2, 0.25) is 11.8 Å². The molecule has 0 N–H and O–H groups in total. The topological polar surface area (TPSA) is 49.9 Å². The van der Waals surface area contributed by atoms with Gasteiger partial charge in [-0.25, -0.2) is 8.78 Å². The number of rotatable bonds is 3. The van der Waals surface area contributed by atoms with Gasteiger partial charge in [-0.3, -0.25) is 9.59 Å². The SMILES string of the molecule is CC(=O)N(CC(=O)N1CCOCC1)c1ccc(F)cc1F. The highest BCUT2D eigenvalue weighted by Gasteiger charge is 2.23. The van der Waals surface area contributed by atoms with Crippen LogP contribution >= 0.6 is 0 Å². The Bertz CT molecular complexity index is 545. The van der Waals surface area contributed by atoms with E-state index >= 15 is 0 Å². The van der Waals surface area contributed by atoms with Crippen LogP contribution in [-0.4, -0.2) is 49.6 Å². The summed E-state index contributed by atoms with van der Waals surface area (Å²) in [6.07, 6.45) is 0. The van der Waals surface area contributed by atoms with Gasteiger partial charge in [0.25, 0.3) is 0 Å². The molecule has 5 nitrogen and oxygen atoms in total. The summed E-state index contributed by atoms with van der Waals surface area (Å²) in [5.74, 6) is -2.39. The number of hydrogen-bond acceptors (Lipinski definition) is 3. The molecule has 0 aliphatic carbocycles. The zero-order valence-electron chi connectivity index (χ0n) is 11.6. The number of carbonyl (C=O) groups is 2. The van der Waals surface area contributed by atoms with Crippen molar-refractivity contribution >= 4 is 17.5 Å². The lowest BCUT2D eigenvalue weighted by atomic mass is 10.2. The van der Waals surface area contributed by atoms with E-state index in [9.17, 15) is 18.4 Å². The zero-order valence-corrected chi connectivity index (χ0v) is 11.6. The van der Waals surface area contributed by atoms with Crippen LogP contribution in [0.5, 0.6) is 0 Å². The van der Waals surface area contributed by atoms with Crippen molar-refractivity contribution in [1.82, 2.24) is 4.90 Å². The predicted molar refractivity (Wildman–Crippen MR) is 71.8 cm³/mol. The van der Waals surface area contributed by atoms with Gasteiger partial charge in [-0.15, -0.1) is 0 Å². The third-order valence-electron chi connectivity index (χ3n) is 3.24. The van der Waals surface area contributed by atoms with E-state index in [-0.39, 0.29) is 18.1 Å². The molecule has 0 radical (unpaired) electrons. The summed E-state index contributed by atoms with van der Waals surface area (Å²) >= 11 is 0. The lowest BCUT2D eigenvalue weighted by molar-refractivity contribution is -0.134. The molecule has 114 valence electrons. The van der Waals surface area contributed by atoms with Gasteiger partial charge in [-0.2, -0.15) is 0 Å². The average Bonchev–Trinajstić information content (AvgIpc) is 2.46. The lowest BCUT2D eigenvalue weighted by Gasteiger charge is -2.29. The van der Waals surface area contributed by atoms with Crippen LogP contribution in [0, 0.1) is 11.6 Å². The largest absolute Gasteiger partial charge is 0.378 e. The van der Waals surface area contributed by atoms with Crippen molar-refractivity contribution in [2.45, 2.75) is 6.92 Å². The first kappa shape index (κ1) is 15.4. The van der Waals surface area contributed by atoms with Gasteiger partial charge in [-0.05, 0) is 12.1 Å². The molecule has 1 aromatic carbocycles. The van der Waals surface area contributed by atoms with E-state index < -0.39 is 17.5 Å². The zero-order chi connectivity index (χ0) is 15.4. The van der Waals surface area contributed by atoms with Crippen molar-refractivity contribution in [3.8, 4) is 0 Å². The summed E-state index contributed by atoms with van der Waals surface area (Å²) in [5.41, 5.74) is -0.106. The lowest BCUT2D eigenvalue weighted by Crippen LogP contribution is -2.47. The van der Waals surface area contributed by atoms with Crippen molar-refractivity contribution in [2.24, 2.45) is 0 Å². The normalized spacial score (nSPS) is 14.9. The first-order valence-electron chi connectivity index (χ1n) is 6.57. The summed E-state index contributed by atoms with van der Waals surface area (Å²) in [6, 6.07) is 2.89. The van der Waals surface area contributed by atoms with Gasteiger partial charge >= 0.3 is 0 Å². The van der Waals surface area contributed by atoms with Crippen LogP contribution in [0.15, 0.2) is 18.2 Å². The molecule has 1 aliphatic heterocycles. The van der Waals surface area contributed by atoms with E-state index in [2.05, 4.69) is 0 Å². The van der Waals surface area contributed by atoms with Crippen LogP contribution in [0.2, 0.25) is 0 Å². The molecule has 1 fully saturated rings. The maximum Gasteiger partial charge on any atom is 0.242 e. The van der Waals surface area contributed by atoms with Crippen molar-refractivity contribution in [3.63, 3.8) is 0 Å². The van der Waals surface area contributed by atoms with Gasteiger partial charge in [0, 0.05) is 26.1 Å². The Kier molecular flexibility index (Phi) is 4.85. The summed E-state index contributed by atoms with van der Waals surface area (Å²) in [6.45, 7) is 2.72. The maximum atomic E-state index is 13.8. The predicted octanol–water partition coefficient (Wildman–Crippen LogP) is 1.18. The third kappa shape index (κ3) is 3.75. The number of carbonyl (C=O) groups excluding carboxylic acids is 2. The Morgan fingerprint density at radius 2 is 1.95 bits per heavy atom. The number of nitrogens with zero attached hydrogens (tertiary/aromatic N) is 2. The number of morpholine rings is 1. The van der Waals surface area contributed by atoms with E-state index in [4.69, 9.17) is 4.74 Å². The van der Waals surface area contributed by atoms with Gasteiger partial charge < -0.3 is 14.5 Å². The van der Waals surface area contributed by atoms with Crippen LogP contribution in [-0.2, 0) is 14.3 Å². The van der Waals surface area contributed by atoms with Gasteiger partial charge in [0.15, 0.2) is 0 Å². The van der Waals surface area contributed by atoms with Crippen LogP contribution in [0.4, 0.5) is 14.5 Å². The molecule has 2 amide bonds. The van der Waals surface area contributed by atoms with Crippen molar-refractivity contribution in [1.29, 1.82) is 0 Å². The molecule has 0 atom stereocenters. The van der Waals surface area contributed by atoms with Crippen LogP contribution in [0.3, 0.4) is 0 Å². The summed E-state index contributed by atoms with van der Waals surface area (Å²) in [7, 11) is 0. The number of hydrogen-bond donors (Lipinski definition) is 0. The smallest absolute Gasteiger partial charge is 0.242 e. The number of amides is 2. The molecule has 1 aromatic rings. The summed E-state index contributed by atoms with van der Waals surface area (Å²) < 4.78 is 31.9. The highest BCUT2D eigenvalue weighted by molar-refractivity contribution is 5.97. The monoisotopic (exact) mass is 298 g/mol. The quantitative estimate of drug-likeness (QED) is 0.842. The van der Waals surface area contributed by atoms with E-state index in [0.717, 1.165) is 17.0 Å². The second kappa shape index (κ2) is 6.62. The fourth-order valence-electron chi connectivity index (χ4n) is 2.11. The van der Waals surface area contributed by atoms with E-state index in [0.29, 0.717) is 32.4 Å². The average molecular weight is 298 g/mol. The Labute approximate surface area is 121 Å². The van der Waals surface area contributed by atoms with E-state index in [1.54, 1.807) is 4.90 Å². The molecule has 2 rings (SSSR count). The highest BCUT2D eigenvalue weighted by Crippen LogP contribution is 2.20. The first-order chi connectivity index (χ1) is 9.99. The molecule has 0 saturated carbocycles. The van der Waals surface area contributed by atoms with Gasteiger partial charge in [0.1, 0.15) is 18.2 Å². The fraction of sp³-hybridized carbons (Fsp3) is 0.429. The van der Waals surface area contributed by atoms with Crippen molar-refractivity contribution in [3.05, 3.63) is 29.8 Å². The number of halogens is 2. The Hall–Kier alpha value is -2.02. The molecule has 1 heterocycles. The second-order valence-corrected chi connectivity index (χ2v) is 4.69. The molecule has 1 saturated heterocycles. The Morgan fingerprint density at radius 1 is 1.29 bits per heavy atom. The fourth-order valence-corrected chi connectivity index (χ4v) is 2.11. The van der Waals surface area contributed by atoms with Crippen LogP contribution in [0.1, 0.15) is 6.92 Å². The molecule has 1 aliphatic rings. The molecule has 7 heteroatoms. The molecule has 0 aromatic heterocycles. The van der Waals surface area contributed by atoms with Gasteiger partial charge in [0.05, 0.1) is 18.9 Å². The number of ether oxygens (including phenoxy) is 1. The number of benzene rings is 1. The van der Waals surface area contributed by atoms with Gasteiger partial charge in [-0.1, -0.05) is 0 Å². The second-order valence-electron chi connectivity index (χ2n) is 4.69. The van der Waals surface area contributed by atoms with Crippen molar-refractivity contribution < 1.29 is 23.1 Å². The molecule has 0 unspecified atom stereocenters. The van der Waals surface area contributed by atoms with E-state index in [1.807, 2.05) is 0 Å².